The van der Waals surface area contributed by atoms with E-state index in [1.165, 1.54) is 7.11 Å². The molecule has 1 saturated heterocycles. The first kappa shape index (κ1) is 19.8. The van der Waals surface area contributed by atoms with Gasteiger partial charge in [-0.1, -0.05) is 30.3 Å². The Morgan fingerprint density at radius 3 is 2.36 bits per heavy atom. The van der Waals surface area contributed by atoms with Gasteiger partial charge in [0.15, 0.2) is 0 Å². The van der Waals surface area contributed by atoms with Crippen molar-refractivity contribution in [2.75, 3.05) is 39.9 Å². The summed E-state index contributed by atoms with van der Waals surface area (Å²) >= 11 is 0. The summed E-state index contributed by atoms with van der Waals surface area (Å²) in [5.74, 6) is -0.0382. The fourth-order valence-corrected chi connectivity index (χ4v) is 3.36. The van der Waals surface area contributed by atoms with Crippen LogP contribution in [0.5, 0.6) is 0 Å². The highest BCUT2D eigenvalue weighted by molar-refractivity contribution is 5.78. The quantitative estimate of drug-likeness (QED) is 0.859. The van der Waals surface area contributed by atoms with Crippen LogP contribution in [0.2, 0.25) is 0 Å². The third-order valence-electron chi connectivity index (χ3n) is 4.84. The molecule has 1 N–H and O–H groups in total. The van der Waals surface area contributed by atoms with Gasteiger partial charge < -0.3 is 19.9 Å². The normalized spacial score (nSPS) is 15.6. The number of hydrogen-bond acceptors (Lipinski definition) is 4. The van der Waals surface area contributed by atoms with Crippen LogP contribution in [-0.4, -0.2) is 66.6 Å². The van der Waals surface area contributed by atoms with Crippen molar-refractivity contribution in [3.05, 3.63) is 66.0 Å². The molecule has 2 aromatic rings. The van der Waals surface area contributed by atoms with Gasteiger partial charge in [0.05, 0.1) is 6.04 Å². The van der Waals surface area contributed by atoms with Crippen molar-refractivity contribution in [2.24, 2.45) is 0 Å². The molecule has 0 spiro atoms. The van der Waals surface area contributed by atoms with E-state index >= 15 is 0 Å². The second-order valence-electron chi connectivity index (χ2n) is 6.73. The number of methoxy groups -OCH3 is 1. The molecule has 3 rings (SSSR count). The van der Waals surface area contributed by atoms with E-state index in [0.29, 0.717) is 26.2 Å². The first-order valence-corrected chi connectivity index (χ1v) is 9.46. The van der Waals surface area contributed by atoms with Crippen molar-refractivity contribution in [1.29, 1.82) is 0 Å². The Morgan fingerprint density at radius 1 is 1.00 bits per heavy atom. The number of carbonyl (C=O) groups is 2. The van der Waals surface area contributed by atoms with Crippen molar-refractivity contribution in [3.8, 4) is 0 Å². The van der Waals surface area contributed by atoms with Gasteiger partial charge in [-0.2, -0.15) is 0 Å². The molecule has 0 radical (unpaired) electrons. The molecule has 2 heterocycles. The van der Waals surface area contributed by atoms with Crippen molar-refractivity contribution >= 4 is 11.9 Å². The minimum absolute atomic E-state index is 0.0382. The molecular formula is C21H26N4O3. The first-order valence-electron chi connectivity index (χ1n) is 9.46. The Balaban J connectivity index is 1.69. The van der Waals surface area contributed by atoms with Gasteiger partial charge in [0.1, 0.15) is 6.61 Å². The highest BCUT2D eigenvalue weighted by atomic mass is 16.5. The van der Waals surface area contributed by atoms with Crippen molar-refractivity contribution in [3.63, 3.8) is 0 Å². The predicted octanol–water partition coefficient (Wildman–Crippen LogP) is 2.06. The maximum atomic E-state index is 13.0. The van der Waals surface area contributed by atoms with Crippen LogP contribution in [0.25, 0.3) is 0 Å². The summed E-state index contributed by atoms with van der Waals surface area (Å²) < 4.78 is 4.93. The van der Waals surface area contributed by atoms with Crippen LogP contribution >= 0.6 is 0 Å². The molecule has 1 fully saturated rings. The standard InChI is InChI=1S/C21H26N4O3/c1-28-16-19(26)24-12-5-13-25(15-14-24)21(27)23-20(17-6-3-2-4-7-17)18-8-10-22-11-9-18/h2-4,6-11,20H,5,12-16H2,1H3,(H,23,27). The number of rotatable bonds is 5. The Hall–Kier alpha value is -2.93. The zero-order valence-electron chi connectivity index (χ0n) is 16.1. The zero-order valence-corrected chi connectivity index (χ0v) is 16.1. The molecule has 7 heteroatoms. The summed E-state index contributed by atoms with van der Waals surface area (Å²) in [4.78, 5) is 32.6. The number of aromatic nitrogens is 1. The number of amides is 3. The second-order valence-corrected chi connectivity index (χ2v) is 6.73. The molecule has 7 nitrogen and oxygen atoms in total. The second kappa shape index (κ2) is 9.85. The van der Waals surface area contributed by atoms with Crippen LogP contribution in [0.15, 0.2) is 54.9 Å². The van der Waals surface area contributed by atoms with E-state index in [2.05, 4.69) is 10.3 Å². The topological polar surface area (TPSA) is 74.8 Å². The number of hydrogen-bond donors (Lipinski definition) is 1. The molecule has 1 aliphatic heterocycles. The third kappa shape index (κ3) is 5.07. The third-order valence-corrected chi connectivity index (χ3v) is 4.84. The van der Waals surface area contributed by atoms with Crippen LogP contribution in [0.3, 0.4) is 0 Å². The van der Waals surface area contributed by atoms with Gasteiger partial charge in [0.2, 0.25) is 5.91 Å². The molecule has 3 amide bonds. The summed E-state index contributed by atoms with van der Waals surface area (Å²) in [7, 11) is 1.51. The lowest BCUT2D eigenvalue weighted by Crippen LogP contribution is -2.44. The molecular weight excluding hydrogens is 356 g/mol. The molecule has 1 aromatic heterocycles. The summed E-state index contributed by atoms with van der Waals surface area (Å²) in [5.41, 5.74) is 1.98. The first-order chi connectivity index (χ1) is 13.7. The lowest BCUT2D eigenvalue weighted by molar-refractivity contribution is -0.135. The van der Waals surface area contributed by atoms with Gasteiger partial charge in [-0.3, -0.25) is 9.78 Å². The van der Waals surface area contributed by atoms with Gasteiger partial charge in [0.25, 0.3) is 0 Å². The largest absolute Gasteiger partial charge is 0.375 e. The fraction of sp³-hybridized carbons (Fsp3) is 0.381. The lowest BCUT2D eigenvalue weighted by Gasteiger charge is -2.26. The number of benzene rings is 1. The van der Waals surface area contributed by atoms with E-state index < -0.39 is 0 Å². The van der Waals surface area contributed by atoms with E-state index in [4.69, 9.17) is 4.74 Å². The van der Waals surface area contributed by atoms with Crippen LogP contribution in [0.4, 0.5) is 4.79 Å². The maximum Gasteiger partial charge on any atom is 0.318 e. The summed E-state index contributed by atoms with van der Waals surface area (Å²) in [6.07, 6.45) is 4.19. The van der Waals surface area contributed by atoms with Gasteiger partial charge in [-0.05, 0) is 29.7 Å². The van der Waals surface area contributed by atoms with E-state index in [0.717, 1.165) is 17.5 Å². The molecule has 1 aliphatic rings. The van der Waals surface area contributed by atoms with Crippen LogP contribution < -0.4 is 5.32 Å². The Bertz CT molecular complexity index is 730. The van der Waals surface area contributed by atoms with Crippen molar-refractivity contribution in [1.82, 2.24) is 20.1 Å². The summed E-state index contributed by atoms with van der Waals surface area (Å²) in [5, 5.41) is 3.15. The molecule has 0 saturated carbocycles. The zero-order chi connectivity index (χ0) is 19.8. The number of urea groups is 1. The monoisotopic (exact) mass is 382 g/mol. The van der Waals surface area contributed by atoms with E-state index in [9.17, 15) is 9.59 Å². The number of carbonyl (C=O) groups excluding carboxylic acids is 2. The van der Waals surface area contributed by atoms with E-state index in [1.807, 2.05) is 42.5 Å². The average molecular weight is 382 g/mol. The van der Waals surface area contributed by atoms with Gasteiger partial charge >= 0.3 is 6.03 Å². The smallest absolute Gasteiger partial charge is 0.318 e. The molecule has 0 bridgehead atoms. The van der Waals surface area contributed by atoms with Gasteiger partial charge in [-0.25, -0.2) is 4.79 Å². The Kier molecular flexibility index (Phi) is 6.97. The Morgan fingerprint density at radius 2 is 1.64 bits per heavy atom. The average Bonchev–Trinajstić information content (AvgIpc) is 3.00. The van der Waals surface area contributed by atoms with Crippen LogP contribution in [-0.2, 0) is 9.53 Å². The fourth-order valence-electron chi connectivity index (χ4n) is 3.36. The van der Waals surface area contributed by atoms with Crippen molar-refractivity contribution in [2.45, 2.75) is 12.5 Å². The number of pyridine rings is 1. The van der Waals surface area contributed by atoms with Crippen LogP contribution in [0, 0.1) is 0 Å². The van der Waals surface area contributed by atoms with Crippen LogP contribution in [0.1, 0.15) is 23.6 Å². The molecule has 1 aromatic carbocycles. The van der Waals surface area contributed by atoms with Gasteiger partial charge in [-0.15, -0.1) is 0 Å². The molecule has 0 aliphatic carbocycles. The molecule has 1 atom stereocenters. The molecule has 1 unspecified atom stereocenters. The SMILES string of the molecule is COCC(=O)N1CCCN(C(=O)NC(c2ccccc2)c2ccncc2)CC1. The Labute approximate surface area is 165 Å². The van der Waals surface area contributed by atoms with E-state index in [1.54, 1.807) is 22.2 Å². The summed E-state index contributed by atoms with van der Waals surface area (Å²) in [6.45, 7) is 2.34. The minimum atomic E-state index is -0.258. The molecule has 28 heavy (non-hydrogen) atoms. The number of ether oxygens (including phenoxy) is 1. The summed E-state index contributed by atoms with van der Waals surface area (Å²) in [6, 6.07) is 13.3. The van der Waals surface area contributed by atoms with Gasteiger partial charge in [0, 0.05) is 45.7 Å². The molecule has 148 valence electrons. The number of nitrogens with zero attached hydrogens (tertiary/aromatic N) is 3. The van der Waals surface area contributed by atoms with Crippen molar-refractivity contribution < 1.29 is 14.3 Å². The highest BCUT2D eigenvalue weighted by Gasteiger charge is 2.24. The minimum Gasteiger partial charge on any atom is -0.375 e. The highest BCUT2D eigenvalue weighted by Crippen LogP contribution is 2.21. The lowest BCUT2D eigenvalue weighted by atomic mass is 10.00. The maximum absolute atomic E-state index is 13.0. The number of nitrogens with one attached hydrogen (secondary N) is 1. The predicted molar refractivity (Wildman–Crippen MR) is 106 cm³/mol. The van der Waals surface area contributed by atoms with E-state index in [-0.39, 0.29) is 24.6 Å².